The highest BCUT2D eigenvalue weighted by molar-refractivity contribution is 6.00. The molecule has 7 nitrogen and oxygen atoms in total. The van der Waals surface area contributed by atoms with Gasteiger partial charge in [0.2, 0.25) is 5.91 Å². The zero-order valence-electron chi connectivity index (χ0n) is 11.9. The van der Waals surface area contributed by atoms with Crippen molar-refractivity contribution in [3.8, 4) is 0 Å². The van der Waals surface area contributed by atoms with Gasteiger partial charge in [-0.1, -0.05) is 6.92 Å². The van der Waals surface area contributed by atoms with Gasteiger partial charge in [-0.25, -0.2) is 0 Å². The summed E-state index contributed by atoms with van der Waals surface area (Å²) < 4.78 is 4.67. The van der Waals surface area contributed by atoms with E-state index in [1.54, 1.807) is 6.07 Å². The van der Waals surface area contributed by atoms with Crippen molar-refractivity contribution < 1.29 is 19.2 Å². The summed E-state index contributed by atoms with van der Waals surface area (Å²) in [5.74, 6) is -1.07. The fourth-order valence-corrected chi connectivity index (χ4v) is 2.50. The third-order valence-electron chi connectivity index (χ3n) is 3.61. The Hall–Kier alpha value is -2.44. The van der Waals surface area contributed by atoms with Crippen LogP contribution in [-0.4, -0.2) is 30.5 Å². The number of amides is 1. The summed E-state index contributed by atoms with van der Waals surface area (Å²) in [6, 6.07) is 4.40. The molecule has 0 radical (unpaired) electrons. The van der Waals surface area contributed by atoms with Gasteiger partial charge in [0.1, 0.15) is 0 Å². The first-order chi connectivity index (χ1) is 9.97. The van der Waals surface area contributed by atoms with Gasteiger partial charge in [0, 0.05) is 30.8 Å². The lowest BCUT2D eigenvalue weighted by Crippen LogP contribution is -2.27. The molecular weight excluding hydrogens is 276 g/mol. The monoisotopic (exact) mass is 292 g/mol. The molecule has 0 saturated carbocycles. The second-order valence-corrected chi connectivity index (χ2v) is 4.85. The summed E-state index contributed by atoms with van der Waals surface area (Å²) in [6.07, 6.45) is 0.663. The molecule has 1 aliphatic heterocycles. The number of hydrogen-bond donors (Lipinski definition) is 0. The van der Waals surface area contributed by atoms with Crippen LogP contribution in [0.2, 0.25) is 0 Å². The molecule has 1 atom stereocenters. The Labute approximate surface area is 121 Å². The second-order valence-electron chi connectivity index (χ2n) is 4.85. The average Bonchev–Trinajstić information content (AvgIpc) is 2.87. The Morgan fingerprint density at radius 3 is 2.81 bits per heavy atom. The van der Waals surface area contributed by atoms with E-state index in [2.05, 4.69) is 4.74 Å². The van der Waals surface area contributed by atoms with Gasteiger partial charge in [0.25, 0.3) is 5.69 Å². The Balaban J connectivity index is 2.32. The van der Waals surface area contributed by atoms with Crippen molar-refractivity contribution in [2.75, 3.05) is 18.6 Å². The first kappa shape index (κ1) is 15.0. The lowest BCUT2D eigenvalue weighted by atomic mass is 10.1. The maximum atomic E-state index is 12.1. The molecule has 21 heavy (non-hydrogen) atoms. The smallest absolute Gasteiger partial charge is 0.311 e. The minimum atomic E-state index is -0.484. The number of rotatable bonds is 4. The number of nitrogens with zero attached hydrogens (tertiary/aromatic N) is 2. The molecule has 1 aliphatic rings. The van der Waals surface area contributed by atoms with Crippen LogP contribution in [0.4, 0.5) is 11.4 Å². The molecule has 0 bridgehead atoms. The molecule has 1 fully saturated rings. The van der Waals surface area contributed by atoms with Gasteiger partial charge < -0.3 is 9.64 Å². The molecule has 112 valence electrons. The number of non-ortho nitro benzene ring substituents is 1. The van der Waals surface area contributed by atoms with E-state index in [0.29, 0.717) is 17.7 Å². The van der Waals surface area contributed by atoms with E-state index in [-0.39, 0.29) is 24.6 Å². The largest absolute Gasteiger partial charge is 0.469 e. The lowest BCUT2D eigenvalue weighted by molar-refractivity contribution is -0.384. The van der Waals surface area contributed by atoms with Crippen molar-refractivity contribution in [3.63, 3.8) is 0 Å². The van der Waals surface area contributed by atoms with Crippen molar-refractivity contribution in [3.05, 3.63) is 33.9 Å². The van der Waals surface area contributed by atoms with Crippen molar-refractivity contribution in [1.29, 1.82) is 0 Å². The first-order valence-electron chi connectivity index (χ1n) is 6.63. The SMILES string of the molecule is CCc1cc([N+](=O)[O-])ccc1N1C[C@@H](C(=O)OC)CC1=O. The summed E-state index contributed by atoms with van der Waals surface area (Å²) in [6.45, 7) is 2.11. The predicted molar refractivity (Wildman–Crippen MR) is 75.0 cm³/mol. The van der Waals surface area contributed by atoms with Crippen LogP contribution < -0.4 is 4.90 Å². The Morgan fingerprint density at radius 2 is 2.24 bits per heavy atom. The van der Waals surface area contributed by atoms with Gasteiger partial charge in [-0.05, 0) is 18.1 Å². The van der Waals surface area contributed by atoms with Crippen LogP contribution in [0.1, 0.15) is 18.9 Å². The zero-order valence-corrected chi connectivity index (χ0v) is 11.9. The quantitative estimate of drug-likeness (QED) is 0.478. The molecule has 1 amide bonds. The summed E-state index contributed by atoms with van der Waals surface area (Å²) in [4.78, 5) is 35.5. The van der Waals surface area contributed by atoms with Gasteiger partial charge in [0.05, 0.1) is 18.0 Å². The van der Waals surface area contributed by atoms with Gasteiger partial charge in [-0.3, -0.25) is 19.7 Å². The minimum Gasteiger partial charge on any atom is -0.469 e. The van der Waals surface area contributed by atoms with Crippen molar-refractivity contribution >= 4 is 23.3 Å². The van der Waals surface area contributed by atoms with Gasteiger partial charge in [-0.15, -0.1) is 0 Å². The van der Waals surface area contributed by atoms with E-state index < -0.39 is 16.8 Å². The van der Waals surface area contributed by atoms with Crippen LogP contribution in [0.15, 0.2) is 18.2 Å². The number of esters is 1. The van der Waals surface area contributed by atoms with Crippen LogP contribution in [0.25, 0.3) is 0 Å². The molecule has 0 aliphatic carbocycles. The standard InChI is InChI=1S/C14H16N2O5/c1-3-9-6-11(16(19)20)4-5-12(9)15-8-10(7-13(15)17)14(18)21-2/h4-6,10H,3,7-8H2,1-2H3/t10-/m0/s1. The fourth-order valence-electron chi connectivity index (χ4n) is 2.50. The second kappa shape index (κ2) is 5.90. The number of carbonyl (C=O) groups excluding carboxylic acids is 2. The number of hydrogen-bond acceptors (Lipinski definition) is 5. The fraction of sp³-hybridized carbons (Fsp3) is 0.429. The highest BCUT2D eigenvalue weighted by Gasteiger charge is 2.36. The molecule has 1 aromatic rings. The highest BCUT2D eigenvalue weighted by atomic mass is 16.6. The van der Waals surface area contributed by atoms with Crippen LogP contribution >= 0.6 is 0 Å². The van der Waals surface area contributed by atoms with Crippen LogP contribution in [0.5, 0.6) is 0 Å². The molecule has 0 spiro atoms. The molecule has 1 aromatic carbocycles. The molecule has 7 heteroatoms. The summed E-state index contributed by atoms with van der Waals surface area (Å²) in [5.41, 5.74) is 1.33. The van der Waals surface area contributed by atoms with E-state index in [1.807, 2.05) is 6.92 Å². The topological polar surface area (TPSA) is 89.8 Å². The number of anilines is 1. The van der Waals surface area contributed by atoms with Gasteiger partial charge in [0.15, 0.2) is 0 Å². The highest BCUT2D eigenvalue weighted by Crippen LogP contribution is 2.31. The molecule has 0 unspecified atom stereocenters. The predicted octanol–water partition coefficient (Wildman–Crippen LogP) is 1.68. The van der Waals surface area contributed by atoms with E-state index in [4.69, 9.17) is 0 Å². The molecule has 2 rings (SSSR count). The van der Waals surface area contributed by atoms with Crippen LogP contribution in [-0.2, 0) is 20.7 Å². The third kappa shape index (κ3) is 2.86. The minimum absolute atomic E-state index is 0.00763. The van der Waals surface area contributed by atoms with Gasteiger partial charge >= 0.3 is 5.97 Å². The van der Waals surface area contributed by atoms with Crippen molar-refractivity contribution in [1.82, 2.24) is 0 Å². The molecular formula is C14H16N2O5. The van der Waals surface area contributed by atoms with Crippen LogP contribution in [0.3, 0.4) is 0 Å². The normalized spacial score (nSPS) is 17.9. The number of nitro groups is 1. The Kier molecular flexibility index (Phi) is 4.21. The molecule has 0 N–H and O–H groups in total. The molecule has 1 saturated heterocycles. The summed E-state index contributed by atoms with van der Waals surface area (Å²) in [7, 11) is 1.29. The Morgan fingerprint density at radius 1 is 1.52 bits per heavy atom. The number of carbonyl (C=O) groups is 2. The Bertz CT molecular complexity index is 599. The van der Waals surface area contributed by atoms with E-state index in [9.17, 15) is 19.7 Å². The summed E-state index contributed by atoms with van der Waals surface area (Å²) >= 11 is 0. The van der Waals surface area contributed by atoms with Crippen molar-refractivity contribution in [2.24, 2.45) is 5.92 Å². The number of methoxy groups -OCH3 is 1. The maximum Gasteiger partial charge on any atom is 0.311 e. The number of benzene rings is 1. The van der Waals surface area contributed by atoms with Crippen LogP contribution in [0, 0.1) is 16.0 Å². The van der Waals surface area contributed by atoms with Crippen molar-refractivity contribution in [2.45, 2.75) is 19.8 Å². The third-order valence-corrected chi connectivity index (χ3v) is 3.61. The van der Waals surface area contributed by atoms with Gasteiger partial charge in [-0.2, -0.15) is 0 Å². The van der Waals surface area contributed by atoms with E-state index in [1.165, 1.54) is 24.1 Å². The first-order valence-corrected chi connectivity index (χ1v) is 6.63. The molecule has 1 heterocycles. The van der Waals surface area contributed by atoms with E-state index >= 15 is 0 Å². The maximum absolute atomic E-state index is 12.1. The molecule has 0 aromatic heterocycles. The number of aryl methyl sites for hydroxylation is 1. The average molecular weight is 292 g/mol. The van der Waals surface area contributed by atoms with E-state index in [0.717, 1.165) is 0 Å². The summed E-state index contributed by atoms with van der Waals surface area (Å²) in [5, 5.41) is 10.8. The number of nitro benzene ring substituents is 1. The zero-order chi connectivity index (χ0) is 15.6. The number of ether oxygens (including phenoxy) is 1. The lowest BCUT2D eigenvalue weighted by Gasteiger charge is -2.19.